The van der Waals surface area contributed by atoms with Crippen LogP contribution in [0.15, 0.2) is 42.5 Å². The van der Waals surface area contributed by atoms with Crippen molar-refractivity contribution in [1.82, 2.24) is 4.90 Å². The Morgan fingerprint density at radius 2 is 1.64 bits per heavy atom. The van der Waals surface area contributed by atoms with Crippen LogP contribution in [0.2, 0.25) is 0 Å². The Balaban J connectivity index is 1.52. The van der Waals surface area contributed by atoms with Crippen molar-refractivity contribution in [3.63, 3.8) is 0 Å². The minimum absolute atomic E-state index is 0.0617. The normalized spacial score (nSPS) is 16.4. The van der Waals surface area contributed by atoms with E-state index in [1.165, 1.54) is 18.2 Å². The van der Waals surface area contributed by atoms with Crippen molar-refractivity contribution in [3.8, 4) is 17.2 Å². The van der Waals surface area contributed by atoms with E-state index < -0.39 is 18.1 Å². The lowest BCUT2D eigenvalue weighted by molar-refractivity contribution is -0.123. The van der Waals surface area contributed by atoms with E-state index in [1.807, 2.05) is 0 Å². The van der Waals surface area contributed by atoms with Crippen molar-refractivity contribution < 1.29 is 29.6 Å². The Bertz CT molecular complexity index is 1000. The minimum atomic E-state index is -1.06. The van der Waals surface area contributed by atoms with E-state index in [-0.39, 0.29) is 29.5 Å². The van der Waals surface area contributed by atoms with Crippen LogP contribution in [0.5, 0.6) is 17.2 Å². The van der Waals surface area contributed by atoms with E-state index in [0.29, 0.717) is 42.7 Å². The number of unbranched alkanes of at least 4 members (excludes halogenated alkanes) is 2. The zero-order chi connectivity index (χ0) is 26.1. The van der Waals surface area contributed by atoms with Crippen molar-refractivity contribution >= 4 is 11.6 Å². The van der Waals surface area contributed by atoms with Crippen LogP contribution in [0.4, 0.5) is 0 Å². The van der Waals surface area contributed by atoms with Crippen molar-refractivity contribution in [2.45, 2.75) is 57.1 Å². The molecule has 0 amide bonds. The van der Waals surface area contributed by atoms with Gasteiger partial charge in [-0.3, -0.25) is 9.59 Å². The number of ether oxygens (including phenoxy) is 1. The monoisotopic (exact) mass is 498 g/mol. The smallest absolute Gasteiger partial charge is 0.162 e. The lowest BCUT2D eigenvalue weighted by atomic mass is 9.85. The minimum Gasteiger partial charge on any atom is -0.504 e. The van der Waals surface area contributed by atoms with Crippen molar-refractivity contribution in [2.24, 2.45) is 11.7 Å². The topological polar surface area (TPSA) is 133 Å². The van der Waals surface area contributed by atoms with Gasteiger partial charge in [0.1, 0.15) is 11.5 Å². The fourth-order valence-corrected chi connectivity index (χ4v) is 4.73. The van der Waals surface area contributed by atoms with E-state index in [9.17, 15) is 24.9 Å². The Morgan fingerprint density at radius 1 is 0.972 bits per heavy atom. The highest BCUT2D eigenvalue weighted by Gasteiger charge is 2.33. The summed E-state index contributed by atoms with van der Waals surface area (Å²) < 4.78 is 5.11. The highest BCUT2D eigenvalue weighted by molar-refractivity contribution is 5.96. The molecule has 0 aromatic heterocycles. The number of ketones is 2. The molecule has 1 unspecified atom stereocenters. The molecule has 0 bridgehead atoms. The summed E-state index contributed by atoms with van der Waals surface area (Å²) in [7, 11) is 1.58. The van der Waals surface area contributed by atoms with Crippen LogP contribution < -0.4 is 10.5 Å². The maximum atomic E-state index is 13.0. The number of carbonyl (C=O) groups is 2. The third-order valence-corrected chi connectivity index (χ3v) is 6.99. The third-order valence-electron chi connectivity index (χ3n) is 6.99. The van der Waals surface area contributed by atoms with Crippen molar-refractivity contribution in [1.29, 1.82) is 0 Å². The summed E-state index contributed by atoms with van der Waals surface area (Å²) >= 11 is 0. The van der Waals surface area contributed by atoms with Crippen LogP contribution in [0.1, 0.15) is 67.0 Å². The number of carbonyl (C=O) groups excluding carboxylic acids is 2. The number of benzene rings is 2. The molecule has 2 aromatic carbocycles. The van der Waals surface area contributed by atoms with Gasteiger partial charge in [-0.25, -0.2) is 0 Å². The summed E-state index contributed by atoms with van der Waals surface area (Å²) in [6.07, 6.45) is 3.80. The van der Waals surface area contributed by atoms with Crippen molar-refractivity contribution in [2.75, 3.05) is 26.7 Å². The number of phenols is 2. The standard InChI is InChI=1S/C28H38N2O6/c1-36-21-12-9-19(10-13-21)23(31)7-3-2-4-8-25(33)27(29)22(18-30-15-5-6-16-30)28(35)20-11-14-24(32)26(34)17-20/h9-14,17,22,27-28,32,34-35H,2-8,15-16,18,29H2,1H3/t22?,27-,28-/m1/s1. The van der Waals surface area contributed by atoms with Crippen LogP contribution >= 0.6 is 0 Å². The first-order valence-corrected chi connectivity index (χ1v) is 12.7. The fourth-order valence-electron chi connectivity index (χ4n) is 4.73. The molecular weight excluding hydrogens is 460 g/mol. The molecule has 1 aliphatic heterocycles. The molecule has 2 aromatic rings. The van der Waals surface area contributed by atoms with Gasteiger partial charge in [-0.05, 0) is 80.7 Å². The highest BCUT2D eigenvalue weighted by Crippen LogP contribution is 2.33. The number of aliphatic hydroxyl groups excluding tert-OH is 1. The number of rotatable bonds is 14. The average molecular weight is 499 g/mol. The number of likely N-dealkylation sites (tertiary alicyclic amines) is 1. The predicted molar refractivity (Wildman–Crippen MR) is 137 cm³/mol. The molecule has 36 heavy (non-hydrogen) atoms. The Kier molecular flexibility index (Phi) is 10.3. The molecule has 1 fully saturated rings. The van der Waals surface area contributed by atoms with Crippen molar-refractivity contribution in [3.05, 3.63) is 53.6 Å². The van der Waals surface area contributed by atoms with E-state index >= 15 is 0 Å². The summed E-state index contributed by atoms with van der Waals surface area (Å²) in [5.41, 5.74) is 7.45. The maximum Gasteiger partial charge on any atom is 0.162 e. The quantitative estimate of drug-likeness (QED) is 0.176. The first kappa shape index (κ1) is 27.6. The van der Waals surface area contributed by atoms with Gasteiger partial charge in [0.15, 0.2) is 17.3 Å². The number of aromatic hydroxyl groups is 2. The van der Waals surface area contributed by atoms with E-state index in [1.54, 1.807) is 31.4 Å². The number of hydrogen-bond acceptors (Lipinski definition) is 8. The number of Topliss-reactive ketones (excluding diaryl/α,β-unsaturated/α-hetero) is 2. The first-order chi connectivity index (χ1) is 17.3. The molecule has 1 saturated heterocycles. The average Bonchev–Trinajstić information content (AvgIpc) is 3.41. The lowest BCUT2D eigenvalue weighted by Gasteiger charge is -2.31. The Labute approximate surface area is 212 Å². The lowest BCUT2D eigenvalue weighted by Crippen LogP contribution is -2.46. The molecule has 8 heteroatoms. The molecule has 3 rings (SSSR count). The molecule has 0 saturated carbocycles. The second kappa shape index (κ2) is 13.4. The zero-order valence-electron chi connectivity index (χ0n) is 20.9. The summed E-state index contributed by atoms with van der Waals surface area (Å²) in [6, 6.07) is 10.3. The molecular formula is C28H38N2O6. The highest BCUT2D eigenvalue weighted by atomic mass is 16.5. The molecule has 1 aliphatic rings. The third kappa shape index (κ3) is 7.53. The zero-order valence-corrected chi connectivity index (χ0v) is 20.9. The number of aliphatic hydroxyl groups is 1. The van der Waals surface area contributed by atoms with Gasteiger partial charge in [-0.15, -0.1) is 0 Å². The van der Waals surface area contributed by atoms with Crippen LogP contribution in [0, 0.1) is 5.92 Å². The molecule has 196 valence electrons. The summed E-state index contributed by atoms with van der Waals surface area (Å²) in [5.74, 6) is -0.495. The van der Waals surface area contributed by atoms with Crippen LogP contribution in [0.25, 0.3) is 0 Å². The molecule has 1 heterocycles. The van der Waals surface area contributed by atoms with Gasteiger partial charge >= 0.3 is 0 Å². The van der Waals surface area contributed by atoms with Gasteiger partial charge in [-0.2, -0.15) is 0 Å². The largest absolute Gasteiger partial charge is 0.504 e. The van der Waals surface area contributed by atoms with Gasteiger partial charge in [-0.1, -0.05) is 12.5 Å². The summed E-state index contributed by atoms with van der Waals surface area (Å²) in [6.45, 7) is 2.27. The maximum absolute atomic E-state index is 13.0. The SMILES string of the molecule is COc1ccc(C(=O)CCCCCC(=O)[C@H](N)C(CN2CCCC2)[C@H](O)c2ccc(O)c(O)c2)cc1. The summed E-state index contributed by atoms with van der Waals surface area (Å²) in [5, 5.41) is 30.6. The van der Waals surface area contributed by atoms with E-state index in [4.69, 9.17) is 10.5 Å². The number of hydrogen-bond donors (Lipinski definition) is 4. The van der Waals surface area contributed by atoms with Crippen LogP contribution in [-0.2, 0) is 4.79 Å². The van der Waals surface area contributed by atoms with Crippen LogP contribution in [-0.4, -0.2) is 64.6 Å². The predicted octanol–water partition coefficient (Wildman–Crippen LogP) is 3.58. The van der Waals surface area contributed by atoms with Gasteiger partial charge in [0, 0.05) is 30.9 Å². The second-order valence-electron chi connectivity index (χ2n) is 9.57. The number of phenolic OH excluding ortho intramolecular Hbond substituents is 2. The van der Waals surface area contributed by atoms with E-state index in [0.717, 1.165) is 32.4 Å². The molecule has 0 radical (unpaired) electrons. The second-order valence-corrected chi connectivity index (χ2v) is 9.57. The van der Waals surface area contributed by atoms with Gasteiger partial charge in [0.2, 0.25) is 0 Å². The van der Waals surface area contributed by atoms with Crippen LogP contribution in [0.3, 0.4) is 0 Å². The van der Waals surface area contributed by atoms with Gasteiger partial charge in [0.25, 0.3) is 0 Å². The molecule has 0 spiro atoms. The number of nitrogens with two attached hydrogens (primary N) is 1. The van der Waals surface area contributed by atoms with Gasteiger partial charge in [0.05, 0.1) is 19.3 Å². The fraction of sp³-hybridized carbons (Fsp3) is 0.500. The first-order valence-electron chi connectivity index (χ1n) is 12.7. The number of methoxy groups -OCH3 is 1. The Morgan fingerprint density at radius 3 is 2.28 bits per heavy atom. The molecule has 5 N–H and O–H groups in total. The summed E-state index contributed by atoms with van der Waals surface area (Å²) in [4.78, 5) is 27.5. The molecule has 8 nitrogen and oxygen atoms in total. The molecule has 0 aliphatic carbocycles. The number of nitrogens with zero attached hydrogens (tertiary/aromatic N) is 1. The Hall–Kier alpha value is -2.94. The van der Waals surface area contributed by atoms with E-state index in [2.05, 4.69) is 4.90 Å². The molecule has 3 atom stereocenters. The van der Waals surface area contributed by atoms with Gasteiger partial charge < -0.3 is 30.7 Å².